The number of hydrogen-bond donors (Lipinski definition) is 1. The largest absolute Gasteiger partial charge is 0.465 e. The lowest BCUT2D eigenvalue weighted by molar-refractivity contribution is 0.0606. The lowest BCUT2D eigenvalue weighted by atomic mass is 10.3. The van der Waals surface area contributed by atoms with E-state index in [2.05, 4.69) is 9.57 Å². The molecule has 0 bridgehead atoms. The fourth-order valence-corrected chi connectivity index (χ4v) is 1.79. The van der Waals surface area contributed by atoms with Crippen LogP contribution in [0.1, 0.15) is 14.5 Å². The average molecular weight is 201 g/mol. The van der Waals surface area contributed by atoms with E-state index >= 15 is 0 Å². The molecule has 0 aliphatic rings. The third kappa shape index (κ3) is 2.80. The Morgan fingerprint density at radius 1 is 1.62 bits per heavy atom. The van der Waals surface area contributed by atoms with Crippen molar-refractivity contribution in [3.63, 3.8) is 0 Å². The molecule has 1 aromatic heterocycles. The Balaban J connectivity index is 2.58. The van der Waals surface area contributed by atoms with Crippen LogP contribution < -0.4 is 5.90 Å². The summed E-state index contributed by atoms with van der Waals surface area (Å²) >= 11 is 1.40. The van der Waals surface area contributed by atoms with E-state index in [0.717, 1.165) is 11.3 Å². The van der Waals surface area contributed by atoms with E-state index in [-0.39, 0.29) is 5.97 Å². The number of carbonyl (C=O) groups excluding carboxylic acids is 1. The van der Waals surface area contributed by atoms with Gasteiger partial charge < -0.3 is 9.57 Å². The van der Waals surface area contributed by atoms with Crippen molar-refractivity contribution in [2.24, 2.45) is 5.90 Å². The second kappa shape index (κ2) is 4.96. The van der Waals surface area contributed by atoms with Crippen LogP contribution >= 0.6 is 11.3 Å². The van der Waals surface area contributed by atoms with Crippen molar-refractivity contribution in [1.29, 1.82) is 0 Å². The molecule has 0 fully saturated rings. The van der Waals surface area contributed by atoms with Crippen LogP contribution in [0.5, 0.6) is 0 Å². The Bertz CT molecular complexity index is 285. The maximum atomic E-state index is 11.0. The maximum absolute atomic E-state index is 11.0. The third-order valence-electron chi connectivity index (χ3n) is 1.51. The molecule has 0 aliphatic carbocycles. The number of nitrogens with two attached hydrogens (primary N) is 1. The zero-order valence-electron chi connectivity index (χ0n) is 7.28. The van der Waals surface area contributed by atoms with E-state index in [1.165, 1.54) is 18.4 Å². The molecule has 0 radical (unpaired) electrons. The van der Waals surface area contributed by atoms with Crippen LogP contribution in [0.15, 0.2) is 12.1 Å². The van der Waals surface area contributed by atoms with Gasteiger partial charge in [-0.3, -0.25) is 0 Å². The predicted octanol–water partition coefficient (Wildman–Crippen LogP) is 0.968. The molecular weight excluding hydrogens is 190 g/mol. The zero-order valence-corrected chi connectivity index (χ0v) is 8.10. The molecule has 0 unspecified atom stereocenters. The highest BCUT2D eigenvalue weighted by molar-refractivity contribution is 7.13. The smallest absolute Gasteiger partial charge is 0.348 e. The normalized spacial score (nSPS) is 10.0. The van der Waals surface area contributed by atoms with Crippen molar-refractivity contribution in [3.05, 3.63) is 21.9 Å². The SMILES string of the molecule is COC(=O)c1ccc(CCON)s1. The molecule has 0 amide bonds. The Hall–Kier alpha value is -0.910. The number of ether oxygens (including phenoxy) is 1. The molecule has 72 valence electrons. The first-order valence-electron chi connectivity index (χ1n) is 3.76. The van der Waals surface area contributed by atoms with Gasteiger partial charge in [-0.2, -0.15) is 0 Å². The summed E-state index contributed by atoms with van der Waals surface area (Å²) in [5, 5.41) is 0. The first-order chi connectivity index (χ1) is 6.27. The van der Waals surface area contributed by atoms with Crippen LogP contribution in [-0.2, 0) is 16.0 Å². The van der Waals surface area contributed by atoms with Crippen LogP contribution in [0.4, 0.5) is 0 Å². The van der Waals surface area contributed by atoms with Gasteiger partial charge in [-0.25, -0.2) is 10.7 Å². The quantitative estimate of drug-likeness (QED) is 0.582. The number of methoxy groups -OCH3 is 1. The summed E-state index contributed by atoms with van der Waals surface area (Å²) in [6.07, 6.45) is 0.720. The summed E-state index contributed by atoms with van der Waals surface area (Å²) in [5.41, 5.74) is 0. The molecule has 0 saturated heterocycles. The van der Waals surface area contributed by atoms with Gasteiger partial charge in [-0.15, -0.1) is 11.3 Å². The number of rotatable bonds is 4. The number of hydrogen-bond acceptors (Lipinski definition) is 5. The molecule has 1 aromatic rings. The minimum atomic E-state index is -0.301. The molecule has 0 aromatic carbocycles. The van der Waals surface area contributed by atoms with E-state index in [0.29, 0.717) is 11.5 Å². The highest BCUT2D eigenvalue weighted by Gasteiger charge is 2.08. The Morgan fingerprint density at radius 2 is 2.38 bits per heavy atom. The molecule has 1 rings (SSSR count). The summed E-state index contributed by atoms with van der Waals surface area (Å²) in [4.78, 5) is 17.1. The first-order valence-corrected chi connectivity index (χ1v) is 4.58. The Labute approximate surface area is 80.2 Å². The summed E-state index contributed by atoms with van der Waals surface area (Å²) in [6, 6.07) is 3.61. The van der Waals surface area contributed by atoms with Gasteiger partial charge in [0.1, 0.15) is 4.88 Å². The van der Waals surface area contributed by atoms with Crippen LogP contribution in [-0.4, -0.2) is 19.7 Å². The lowest BCUT2D eigenvalue weighted by Gasteiger charge is -1.94. The molecule has 4 nitrogen and oxygen atoms in total. The van der Waals surface area contributed by atoms with E-state index in [1.807, 2.05) is 6.07 Å². The molecule has 0 spiro atoms. The van der Waals surface area contributed by atoms with E-state index < -0.39 is 0 Å². The summed E-state index contributed by atoms with van der Waals surface area (Å²) in [7, 11) is 1.37. The molecule has 0 saturated carbocycles. The van der Waals surface area contributed by atoms with Crippen molar-refractivity contribution < 1.29 is 14.4 Å². The average Bonchev–Trinajstić information content (AvgIpc) is 2.62. The van der Waals surface area contributed by atoms with Crippen molar-refractivity contribution in [3.8, 4) is 0 Å². The van der Waals surface area contributed by atoms with Gasteiger partial charge in [0.15, 0.2) is 0 Å². The summed E-state index contributed by atoms with van der Waals surface area (Å²) in [5.74, 6) is 4.58. The summed E-state index contributed by atoms with van der Waals surface area (Å²) in [6.45, 7) is 0.459. The van der Waals surface area contributed by atoms with E-state index in [1.54, 1.807) is 6.07 Å². The highest BCUT2D eigenvalue weighted by Crippen LogP contribution is 2.17. The minimum Gasteiger partial charge on any atom is -0.465 e. The highest BCUT2D eigenvalue weighted by atomic mass is 32.1. The lowest BCUT2D eigenvalue weighted by Crippen LogP contribution is -2.02. The third-order valence-corrected chi connectivity index (χ3v) is 2.64. The van der Waals surface area contributed by atoms with Gasteiger partial charge in [0, 0.05) is 11.3 Å². The van der Waals surface area contributed by atoms with Gasteiger partial charge in [0.2, 0.25) is 0 Å². The number of esters is 1. The van der Waals surface area contributed by atoms with E-state index in [9.17, 15) is 4.79 Å². The van der Waals surface area contributed by atoms with Crippen LogP contribution in [0.25, 0.3) is 0 Å². The predicted molar refractivity (Wildman–Crippen MR) is 49.5 cm³/mol. The first kappa shape index (κ1) is 10.2. The molecule has 13 heavy (non-hydrogen) atoms. The fourth-order valence-electron chi connectivity index (χ4n) is 0.882. The van der Waals surface area contributed by atoms with Gasteiger partial charge in [-0.05, 0) is 12.1 Å². The Morgan fingerprint density at radius 3 is 3.00 bits per heavy atom. The van der Waals surface area contributed by atoms with E-state index in [4.69, 9.17) is 5.90 Å². The van der Waals surface area contributed by atoms with Crippen molar-refractivity contribution >= 4 is 17.3 Å². The maximum Gasteiger partial charge on any atom is 0.348 e. The molecule has 2 N–H and O–H groups in total. The minimum absolute atomic E-state index is 0.301. The number of thiophene rings is 1. The van der Waals surface area contributed by atoms with Gasteiger partial charge in [0.25, 0.3) is 0 Å². The van der Waals surface area contributed by atoms with Crippen LogP contribution in [0.2, 0.25) is 0 Å². The fraction of sp³-hybridized carbons (Fsp3) is 0.375. The zero-order chi connectivity index (χ0) is 9.68. The molecule has 0 atom stereocenters. The monoisotopic (exact) mass is 201 g/mol. The van der Waals surface area contributed by atoms with Crippen molar-refractivity contribution in [1.82, 2.24) is 0 Å². The molecule has 5 heteroatoms. The number of carbonyl (C=O) groups is 1. The van der Waals surface area contributed by atoms with Crippen LogP contribution in [0, 0.1) is 0 Å². The van der Waals surface area contributed by atoms with Crippen molar-refractivity contribution in [2.75, 3.05) is 13.7 Å². The summed E-state index contributed by atoms with van der Waals surface area (Å²) < 4.78 is 4.57. The van der Waals surface area contributed by atoms with Gasteiger partial charge in [-0.1, -0.05) is 0 Å². The van der Waals surface area contributed by atoms with Gasteiger partial charge in [0.05, 0.1) is 13.7 Å². The van der Waals surface area contributed by atoms with Crippen molar-refractivity contribution in [2.45, 2.75) is 6.42 Å². The second-order valence-corrected chi connectivity index (χ2v) is 3.55. The van der Waals surface area contributed by atoms with Gasteiger partial charge >= 0.3 is 5.97 Å². The molecular formula is C8H11NO3S. The molecule has 1 heterocycles. The standard InChI is InChI=1S/C8H11NO3S/c1-11-8(10)7-3-2-6(13-7)4-5-12-9/h2-3H,4-5,9H2,1H3. The van der Waals surface area contributed by atoms with Crippen LogP contribution in [0.3, 0.4) is 0 Å². The molecule has 0 aliphatic heterocycles. The topological polar surface area (TPSA) is 61.5 Å². The second-order valence-electron chi connectivity index (χ2n) is 2.38. The Kier molecular flexibility index (Phi) is 3.88.